The molecule has 0 amide bonds. The summed E-state index contributed by atoms with van der Waals surface area (Å²) in [5.74, 6) is 0.668. The molecule has 0 radical (unpaired) electrons. The van der Waals surface area contributed by atoms with Crippen molar-refractivity contribution in [1.82, 2.24) is 0 Å². The summed E-state index contributed by atoms with van der Waals surface area (Å²) in [6.07, 6.45) is 0. The molecule has 0 aliphatic carbocycles. The quantitative estimate of drug-likeness (QED) is 0.0819. The van der Waals surface area contributed by atoms with Gasteiger partial charge in [-0.2, -0.15) is 0 Å². The van der Waals surface area contributed by atoms with Crippen LogP contribution in [-0.4, -0.2) is 166 Å². The van der Waals surface area contributed by atoms with Gasteiger partial charge in [-0.3, -0.25) is 0 Å². The van der Waals surface area contributed by atoms with Gasteiger partial charge in [0.05, 0.1) is 158 Å². The van der Waals surface area contributed by atoms with E-state index in [2.05, 4.69) is 0 Å². The molecule has 0 saturated heterocycles. The first kappa shape index (κ1) is 41.4. The van der Waals surface area contributed by atoms with E-state index < -0.39 is 0 Å². The smallest absolute Gasteiger partial charge is 0.142 e. The number of nitrogen functional groups attached to an aromatic ring is 1. The number of rotatable bonds is 37. The molecule has 264 valence electrons. The Hall–Kier alpha value is -1.66. The first-order valence-corrected chi connectivity index (χ1v) is 15.7. The molecule has 1 rings (SSSR count). The van der Waals surface area contributed by atoms with E-state index >= 15 is 0 Å². The summed E-state index contributed by atoms with van der Waals surface area (Å²) in [6.45, 7) is 12.4. The van der Waals surface area contributed by atoms with Crippen molar-refractivity contribution < 1.29 is 61.6 Å². The summed E-state index contributed by atoms with van der Waals surface area (Å²) in [5, 5.41) is 0. The molecule has 0 atom stereocenters. The molecule has 0 fully saturated rings. The number of nitrogens with two attached hydrogens (primary N) is 1. The van der Waals surface area contributed by atoms with Crippen LogP contribution in [0.4, 0.5) is 5.69 Å². The van der Waals surface area contributed by atoms with E-state index in [1.165, 1.54) is 0 Å². The highest BCUT2D eigenvalue weighted by molar-refractivity contribution is 5.51. The summed E-state index contributed by atoms with van der Waals surface area (Å²) in [6, 6.07) is 7.38. The van der Waals surface area contributed by atoms with Crippen LogP contribution in [0.2, 0.25) is 0 Å². The summed E-state index contributed by atoms with van der Waals surface area (Å²) in [4.78, 5) is 0. The van der Waals surface area contributed by atoms with E-state index in [1.54, 1.807) is 13.2 Å². The van der Waals surface area contributed by atoms with Gasteiger partial charge in [0, 0.05) is 7.11 Å². The maximum Gasteiger partial charge on any atom is 0.142 e. The Balaban J connectivity index is 1.62. The zero-order valence-electron chi connectivity index (χ0n) is 27.2. The first-order valence-electron chi connectivity index (χ1n) is 15.7. The van der Waals surface area contributed by atoms with E-state index in [9.17, 15) is 0 Å². The van der Waals surface area contributed by atoms with Crippen molar-refractivity contribution in [2.45, 2.75) is 0 Å². The van der Waals surface area contributed by atoms with Crippen molar-refractivity contribution in [1.29, 1.82) is 0 Å². The Morgan fingerprint density at radius 2 is 0.600 bits per heavy atom. The van der Waals surface area contributed by atoms with Crippen LogP contribution in [-0.2, 0) is 56.8 Å². The monoisotopic (exact) mass is 651 g/mol. The SMILES string of the molecule is COCCOCCOCCOCCOCCOCCOCCOCCOCCOCCOCCOCCOc1ccccc1N. The molecule has 1 aromatic rings. The number of para-hydroxylation sites is 2. The van der Waals surface area contributed by atoms with E-state index in [0.717, 1.165) is 0 Å². The average molecular weight is 652 g/mol. The highest BCUT2D eigenvalue weighted by atomic mass is 16.6. The fourth-order valence-corrected chi connectivity index (χ4v) is 3.27. The third-order valence-corrected chi connectivity index (χ3v) is 5.56. The summed E-state index contributed by atoms with van der Waals surface area (Å²) >= 11 is 0. The van der Waals surface area contributed by atoms with Crippen LogP contribution in [0.15, 0.2) is 24.3 Å². The van der Waals surface area contributed by atoms with Gasteiger partial charge >= 0.3 is 0 Å². The fraction of sp³-hybridized carbons (Fsp3) is 0.806. The molecule has 0 aliphatic heterocycles. The molecule has 2 N–H and O–H groups in total. The minimum absolute atomic E-state index is 0.438. The average Bonchev–Trinajstić information content (AvgIpc) is 3.05. The second-order valence-electron chi connectivity index (χ2n) is 9.12. The van der Waals surface area contributed by atoms with Crippen LogP contribution in [0, 0.1) is 0 Å². The number of hydrogen-bond acceptors (Lipinski definition) is 14. The predicted molar refractivity (Wildman–Crippen MR) is 167 cm³/mol. The molecule has 1 aromatic carbocycles. The van der Waals surface area contributed by atoms with Crippen LogP contribution in [0.25, 0.3) is 0 Å². The molecule has 0 aliphatic rings. The number of benzene rings is 1. The third kappa shape index (κ3) is 30.7. The van der Waals surface area contributed by atoms with Crippen LogP contribution in [0.3, 0.4) is 0 Å². The minimum atomic E-state index is 0.438. The summed E-state index contributed by atoms with van der Waals surface area (Å²) < 4.78 is 70.3. The lowest BCUT2D eigenvalue weighted by molar-refractivity contribution is -0.0282. The van der Waals surface area contributed by atoms with Gasteiger partial charge in [0.2, 0.25) is 0 Å². The van der Waals surface area contributed by atoms with E-state index in [0.29, 0.717) is 170 Å². The van der Waals surface area contributed by atoms with Crippen LogP contribution >= 0.6 is 0 Å². The van der Waals surface area contributed by atoms with Gasteiger partial charge in [-0.15, -0.1) is 0 Å². The number of ether oxygens (including phenoxy) is 13. The minimum Gasteiger partial charge on any atom is -0.489 e. The molecule has 0 spiro atoms. The summed E-state index contributed by atoms with van der Waals surface area (Å²) in [5.41, 5.74) is 6.43. The maximum absolute atomic E-state index is 5.82. The molecule has 0 saturated carbocycles. The molecule has 14 heteroatoms. The van der Waals surface area contributed by atoms with Gasteiger partial charge in [0.25, 0.3) is 0 Å². The van der Waals surface area contributed by atoms with Crippen molar-refractivity contribution in [2.75, 3.05) is 171 Å². The van der Waals surface area contributed by atoms with Crippen LogP contribution in [0.1, 0.15) is 0 Å². The second-order valence-corrected chi connectivity index (χ2v) is 9.12. The van der Waals surface area contributed by atoms with Crippen LogP contribution < -0.4 is 10.5 Å². The highest BCUT2D eigenvalue weighted by Crippen LogP contribution is 2.19. The number of anilines is 1. The topological polar surface area (TPSA) is 146 Å². The van der Waals surface area contributed by atoms with Crippen molar-refractivity contribution in [3.8, 4) is 5.75 Å². The van der Waals surface area contributed by atoms with Gasteiger partial charge < -0.3 is 67.3 Å². The molecular weight excluding hydrogens is 594 g/mol. The standard InChI is InChI=1S/C31H57NO13/c1-33-6-7-34-8-9-35-10-11-36-12-13-37-14-15-38-16-17-39-18-19-40-20-21-41-22-23-42-24-25-43-26-27-44-28-29-45-31-5-3-2-4-30(31)32/h2-5H,6-29,32H2,1H3. The maximum atomic E-state index is 5.82. The van der Waals surface area contributed by atoms with Gasteiger partial charge in [-0.1, -0.05) is 12.1 Å². The van der Waals surface area contributed by atoms with Crippen molar-refractivity contribution in [2.24, 2.45) is 0 Å². The molecule has 0 heterocycles. The lowest BCUT2D eigenvalue weighted by atomic mass is 10.3. The van der Waals surface area contributed by atoms with E-state index in [-0.39, 0.29) is 0 Å². The van der Waals surface area contributed by atoms with Gasteiger partial charge in [-0.05, 0) is 12.1 Å². The predicted octanol–water partition coefficient (Wildman–Crippen LogP) is 1.48. The molecular formula is C31H57NO13. The van der Waals surface area contributed by atoms with Gasteiger partial charge in [-0.25, -0.2) is 0 Å². The van der Waals surface area contributed by atoms with E-state index in [4.69, 9.17) is 67.3 Å². The summed E-state index contributed by atoms with van der Waals surface area (Å²) in [7, 11) is 1.64. The Bertz CT molecular complexity index is 720. The third-order valence-electron chi connectivity index (χ3n) is 5.56. The molecule has 45 heavy (non-hydrogen) atoms. The Morgan fingerprint density at radius 3 is 0.867 bits per heavy atom. The molecule has 14 nitrogen and oxygen atoms in total. The zero-order chi connectivity index (χ0) is 32.1. The van der Waals surface area contributed by atoms with Gasteiger partial charge in [0.15, 0.2) is 0 Å². The Labute approximate surface area is 268 Å². The number of methoxy groups -OCH3 is 1. The number of hydrogen-bond donors (Lipinski definition) is 1. The Morgan fingerprint density at radius 1 is 0.356 bits per heavy atom. The fourth-order valence-electron chi connectivity index (χ4n) is 3.27. The Kier molecular flexibility index (Phi) is 32.4. The van der Waals surface area contributed by atoms with Crippen molar-refractivity contribution in [3.63, 3.8) is 0 Å². The van der Waals surface area contributed by atoms with Crippen LogP contribution in [0.5, 0.6) is 5.75 Å². The molecule has 0 aromatic heterocycles. The first-order chi connectivity index (χ1) is 22.3. The highest BCUT2D eigenvalue weighted by Gasteiger charge is 1.99. The van der Waals surface area contributed by atoms with E-state index in [1.807, 2.05) is 18.2 Å². The zero-order valence-corrected chi connectivity index (χ0v) is 27.2. The van der Waals surface area contributed by atoms with Crippen molar-refractivity contribution >= 4 is 5.69 Å². The lowest BCUT2D eigenvalue weighted by Crippen LogP contribution is -2.15. The van der Waals surface area contributed by atoms with Gasteiger partial charge in [0.1, 0.15) is 12.4 Å². The molecule has 0 unspecified atom stereocenters. The lowest BCUT2D eigenvalue weighted by Gasteiger charge is -2.10. The van der Waals surface area contributed by atoms with Crippen molar-refractivity contribution in [3.05, 3.63) is 24.3 Å². The molecule has 0 bridgehead atoms. The largest absolute Gasteiger partial charge is 0.489 e. The normalized spacial score (nSPS) is 11.4. The second kappa shape index (κ2) is 35.2.